The van der Waals surface area contributed by atoms with E-state index < -0.39 is 6.29 Å². The number of rotatable bonds is 0. The fourth-order valence-electron chi connectivity index (χ4n) is 9.88. The standard InChI is InChI=1S/C24H32O3/c1-22-6-3-12(25)9-17(22)13-10-14(13)20-16(22)4-7-23(2)21(20)15-11-18(15)24(23)8-5-19(26)27-24/h9,13-16,18-21,26H,3-8,10-11H2,1-2H3/t13-,14+,15-,16+,18+,19?,20-,21+,22-,23+,24+/m1/s1/i5+1,8+1,19+1. The third-order valence-corrected chi connectivity index (χ3v) is 11.0. The number of carbonyl (C=O) groups excluding carboxylic acids is 1. The van der Waals surface area contributed by atoms with Crippen LogP contribution in [0.25, 0.3) is 0 Å². The monoisotopic (exact) mass is 371 g/mol. The van der Waals surface area contributed by atoms with E-state index >= 15 is 0 Å². The van der Waals surface area contributed by atoms with Gasteiger partial charge in [-0.3, -0.25) is 4.79 Å². The lowest BCUT2D eigenvalue weighted by Gasteiger charge is -2.60. The molecule has 0 radical (unpaired) electrons. The molecule has 0 amide bonds. The second-order valence-corrected chi connectivity index (χ2v) is 11.7. The molecule has 3 nitrogen and oxygen atoms in total. The number of allylic oxidation sites excluding steroid dienone is 1. The van der Waals surface area contributed by atoms with Gasteiger partial charge in [0, 0.05) is 18.3 Å². The Morgan fingerprint density at radius 3 is 2.70 bits per heavy atom. The molecule has 11 atom stereocenters. The van der Waals surface area contributed by atoms with Crippen molar-refractivity contribution in [1.82, 2.24) is 0 Å². The van der Waals surface area contributed by atoms with Crippen LogP contribution in [-0.2, 0) is 9.53 Å². The molecular formula is C24H32O3. The first-order valence-corrected chi connectivity index (χ1v) is 11.5. The molecule has 6 aliphatic carbocycles. The number of hydrogen-bond acceptors (Lipinski definition) is 3. The molecule has 1 spiro atoms. The highest BCUT2D eigenvalue weighted by molar-refractivity contribution is 5.92. The van der Waals surface area contributed by atoms with Crippen molar-refractivity contribution in [1.29, 1.82) is 0 Å². The van der Waals surface area contributed by atoms with Gasteiger partial charge in [0.25, 0.3) is 0 Å². The van der Waals surface area contributed by atoms with Crippen LogP contribution in [0.3, 0.4) is 0 Å². The van der Waals surface area contributed by atoms with E-state index in [1.807, 2.05) is 0 Å². The number of carbonyl (C=O) groups is 1. The van der Waals surface area contributed by atoms with E-state index in [1.165, 1.54) is 25.7 Å². The van der Waals surface area contributed by atoms with Crippen molar-refractivity contribution in [2.24, 2.45) is 52.3 Å². The Labute approximate surface area is 161 Å². The summed E-state index contributed by atoms with van der Waals surface area (Å²) in [5, 5.41) is 10.2. The van der Waals surface area contributed by atoms with E-state index in [4.69, 9.17) is 4.74 Å². The van der Waals surface area contributed by atoms with Gasteiger partial charge in [0.15, 0.2) is 12.1 Å². The highest BCUT2D eigenvalue weighted by Crippen LogP contribution is 2.82. The van der Waals surface area contributed by atoms with Gasteiger partial charge in [0.05, 0.1) is 5.60 Å². The first-order chi connectivity index (χ1) is 12.9. The highest BCUT2D eigenvalue weighted by atomic mass is 16.7. The SMILES string of the molecule is C[C@]12CCC(=O)C=C1[C@@H]1C[C@@H]1[C@H]1[C@@H]3[C@@H]4C[C@@H]4[C@@]4([13CH2][13CH2][13CH](O)O4)[C@@]3(C)CC[C@@H]12. The summed E-state index contributed by atoms with van der Waals surface area (Å²) in [6, 6.07) is 0. The van der Waals surface area contributed by atoms with E-state index in [0.29, 0.717) is 17.6 Å². The van der Waals surface area contributed by atoms with Crippen LogP contribution in [0.5, 0.6) is 0 Å². The maximum absolute atomic E-state index is 12.2. The zero-order chi connectivity index (χ0) is 18.3. The normalized spacial score (nSPS) is 65.0. The zero-order valence-electron chi connectivity index (χ0n) is 16.6. The largest absolute Gasteiger partial charge is 0.368 e. The van der Waals surface area contributed by atoms with Gasteiger partial charge in [-0.2, -0.15) is 0 Å². The molecule has 6 fully saturated rings. The Hall–Kier alpha value is -0.670. The van der Waals surface area contributed by atoms with E-state index in [-0.39, 0.29) is 16.4 Å². The number of fused-ring (bicyclic) bond motifs is 12. The maximum Gasteiger partial charge on any atom is 0.155 e. The Balaban J connectivity index is 1.33. The van der Waals surface area contributed by atoms with Gasteiger partial charge in [-0.15, -0.1) is 0 Å². The molecule has 0 bridgehead atoms. The van der Waals surface area contributed by atoms with Crippen molar-refractivity contribution in [3.63, 3.8) is 0 Å². The number of aliphatic hydroxyl groups excluding tert-OH is 1. The topological polar surface area (TPSA) is 46.5 Å². The van der Waals surface area contributed by atoms with Gasteiger partial charge in [0.1, 0.15) is 0 Å². The molecule has 0 aromatic rings. The van der Waals surface area contributed by atoms with Gasteiger partial charge in [-0.25, -0.2) is 0 Å². The molecule has 1 heterocycles. The summed E-state index contributed by atoms with van der Waals surface area (Å²) in [7, 11) is 0. The van der Waals surface area contributed by atoms with Crippen molar-refractivity contribution in [3.05, 3.63) is 11.6 Å². The van der Waals surface area contributed by atoms with Crippen LogP contribution in [0.2, 0.25) is 0 Å². The summed E-state index contributed by atoms with van der Waals surface area (Å²) < 4.78 is 6.41. The fraction of sp³-hybridized carbons (Fsp3) is 0.875. The Morgan fingerprint density at radius 1 is 1.07 bits per heavy atom. The van der Waals surface area contributed by atoms with Crippen molar-refractivity contribution in [2.45, 2.75) is 77.1 Å². The summed E-state index contributed by atoms with van der Waals surface area (Å²) >= 11 is 0. The van der Waals surface area contributed by atoms with Crippen LogP contribution in [0.15, 0.2) is 11.6 Å². The molecule has 1 saturated heterocycles. The molecular weight excluding hydrogens is 339 g/mol. The molecule has 27 heavy (non-hydrogen) atoms. The second kappa shape index (κ2) is 4.56. The zero-order valence-corrected chi connectivity index (χ0v) is 16.6. The minimum Gasteiger partial charge on any atom is -0.368 e. The second-order valence-electron chi connectivity index (χ2n) is 11.7. The van der Waals surface area contributed by atoms with Crippen LogP contribution < -0.4 is 0 Å². The average molecular weight is 371 g/mol. The smallest absolute Gasteiger partial charge is 0.155 e. The third kappa shape index (κ3) is 1.65. The summed E-state index contributed by atoms with van der Waals surface area (Å²) in [4.78, 5) is 12.2. The lowest BCUT2D eigenvalue weighted by Crippen LogP contribution is -2.57. The average Bonchev–Trinajstić information content (AvgIpc) is 3.53. The summed E-state index contributed by atoms with van der Waals surface area (Å²) in [6.45, 7) is 5.04. The summed E-state index contributed by atoms with van der Waals surface area (Å²) in [5.41, 5.74) is 2.04. The van der Waals surface area contributed by atoms with Crippen LogP contribution in [-0.4, -0.2) is 22.8 Å². The Morgan fingerprint density at radius 2 is 1.93 bits per heavy atom. The minimum absolute atomic E-state index is 0.0311. The molecule has 1 aliphatic heterocycles. The summed E-state index contributed by atoms with van der Waals surface area (Å²) in [5.74, 6) is 5.84. The molecule has 1 N–H and O–H groups in total. The van der Waals surface area contributed by atoms with Gasteiger partial charge >= 0.3 is 0 Å². The number of ether oxygens (including phenoxy) is 1. The molecule has 3 heteroatoms. The van der Waals surface area contributed by atoms with Crippen molar-refractivity contribution < 1.29 is 14.6 Å². The predicted molar refractivity (Wildman–Crippen MR) is 100 cm³/mol. The molecule has 7 aliphatic rings. The van der Waals surface area contributed by atoms with Crippen LogP contribution in [0.4, 0.5) is 0 Å². The Bertz CT molecular complexity index is 786. The quantitative estimate of drug-likeness (QED) is 0.652. The van der Waals surface area contributed by atoms with Crippen LogP contribution in [0.1, 0.15) is 65.2 Å². The molecule has 7 rings (SSSR count). The lowest BCUT2D eigenvalue weighted by molar-refractivity contribution is -0.210. The van der Waals surface area contributed by atoms with Gasteiger partial charge < -0.3 is 9.84 Å². The van der Waals surface area contributed by atoms with Gasteiger partial charge in [-0.1, -0.05) is 19.4 Å². The van der Waals surface area contributed by atoms with E-state index in [9.17, 15) is 9.90 Å². The molecule has 0 aromatic heterocycles. The Kier molecular flexibility index (Phi) is 2.73. The van der Waals surface area contributed by atoms with Crippen LogP contribution >= 0.6 is 0 Å². The van der Waals surface area contributed by atoms with E-state index in [0.717, 1.165) is 55.3 Å². The van der Waals surface area contributed by atoms with Crippen molar-refractivity contribution >= 4 is 5.78 Å². The highest BCUT2D eigenvalue weighted by Gasteiger charge is 2.80. The maximum atomic E-state index is 12.2. The lowest BCUT2D eigenvalue weighted by atomic mass is 9.46. The van der Waals surface area contributed by atoms with E-state index in [2.05, 4.69) is 19.9 Å². The van der Waals surface area contributed by atoms with Crippen LogP contribution in [0, 0.1) is 52.3 Å². The predicted octanol–water partition coefficient (Wildman–Crippen LogP) is 4.10. The first kappa shape index (κ1) is 16.2. The van der Waals surface area contributed by atoms with Gasteiger partial charge in [-0.05, 0) is 91.4 Å². The van der Waals surface area contributed by atoms with Gasteiger partial charge in [0.2, 0.25) is 0 Å². The molecule has 1 unspecified atom stereocenters. The molecule has 5 saturated carbocycles. The van der Waals surface area contributed by atoms with E-state index in [1.54, 1.807) is 5.57 Å². The first-order valence-electron chi connectivity index (χ1n) is 11.5. The van der Waals surface area contributed by atoms with Crippen molar-refractivity contribution in [2.75, 3.05) is 0 Å². The number of hydrogen-bond donors (Lipinski definition) is 1. The molecule has 0 aromatic carbocycles. The third-order valence-electron chi connectivity index (χ3n) is 11.0. The fourth-order valence-corrected chi connectivity index (χ4v) is 9.88. The minimum atomic E-state index is -0.531. The summed E-state index contributed by atoms with van der Waals surface area (Å²) in [6.07, 6.45) is 10.5. The number of ketones is 1. The molecule has 146 valence electrons. The number of aliphatic hydroxyl groups is 1. The van der Waals surface area contributed by atoms with Crippen molar-refractivity contribution in [3.8, 4) is 0 Å².